The van der Waals surface area contributed by atoms with Crippen molar-refractivity contribution < 1.29 is 28.2 Å². The zero-order valence-corrected chi connectivity index (χ0v) is 15.6. The maximum absolute atomic E-state index is 12.3. The number of carbonyl (C=O) groups is 2. The molecule has 0 bridgehead atoms. The average molecular weight is 394 g/mol. The number of amides is 1. The van der Waals surface area contributed by atoms with E-state index in [1.165, 1.54) is 19.1 Å². The zero-order valence-electron chi connectivity index (χ0n) is 15.6. The Balaban J connectivity index is 1.33. The average Bonchev–Trinajstić information content (AvgIpc) is 3.15. The second-order valence-corrected chi connectivity index (χ2v) is 6.28. The Morgan fingerprint density at radius 2 is 1.93 bits per heavy atom. The van der Waals surface area contributed by atoms with Gasteiger partial charge in [-0.25, -0.2) is 9.78 Å². The van der Waals surface area contributed by atoms with E-state index in [1.807, 2.05) is 12.1 Å². The highest BCUT2D eigenvalue weighted by atomic mass is 16.6. The van der Waals surface area contributed by atoms with E-state index in [-0.39, 0.29) is 5.89 Å². The van der Waals surface area contributed by atoms with E-state index in [4.69, 9.17) is 18.6 Å². The zero-order chi connectivity index (χ0) is 20.2. The number of hydrogen-bond acceptors (Lipinski definition) is 7. The predicted octanol–water partition coefficient (Wildman–Crippen LogP) is 3.18. The van der Waals surface area contributed by atoms with Crippen LogP contribution >= 0.6 is 0 Å². The fraction of sp³-hybridized carbons (Fsp3) is 0.190. The summed E-state index contributed by atoms with van der Waals surface area (Å²) in [5.74, 6) is 0.303. The smallest absolute Gasteiger partial charge is 0.331 e. The molecule has 1 aliphatic rings. The number of aromatic nitrogens is 1. The number of ether oxygens (including phenoxy) is 3. The van der Waals surface area contributed by atoms with Crippen molar-refractivity contribution in [3.8, 4) is 11.5 Å². The quantitative estimate of drug-likeness (QED) is 0.524. The largest absolute Gasteiger partial charge is 0.486 e. The Labute approximate surface area is 166 Å². The van der Waals surface area contributed by atoms with Crippen molar-refractivity contribution in [1.29, 1.82) is 0 Å². The molecule has 0 saturated heterocycles. The van der Waals surface area contributed by atoms with Crippen LogP contribution in [0.1, 0.15) is 12.8 Å². The topological polar surface area (TPSA) is 99.9 Å². The summed E-state index contributed by atoms with van der Waals surface area (Å²) in [6, 6.07) is 12.3. The minimum Gasteiger partial charge on any atom is -0.486 e. The van der Waals surface area contributed by atoms with Gasteiger partial charge in [-0.15, -0.1) is 0 Å². The van der Waals surface area contributed by atoms with Crippen LogP contribution in [-0.4, -0.2) is 36.2 Å². The molecule has 148 valence electrons. The van der Waals surface area contributed by atoms with Gasteiger partial charge in [0, 0.05) is 23.9 Å². The molecule has 29 heavy (non-hydrogen) atoms. The van der Waals surface area contributed by atoms with Crippen LogP contribution in [0.3, 0.4) is 0 Å². The molecular formula is C21H18N2O6. The van der Waals surface area contributed by atoms with Crippen LogP contribution < -0.4 is 14.8 Å². The molecule has 0 aliphatic carbocycles. The lowest BCUT2D eigenvalue weighted by atomic mass is 10.2. The Hall–Kier alpha value is -3.81. The van der Waals surface area contributed by atoms with Gasteiger partial charge >= 0.3 is 5.97 Å². The highest BCUT2D eigenvalue weighted by molar-refractivity contribution is 5.96. The van der Waals surface area contributed by atoms with E-state index in [0.717, 1.165) is 0 Å². The summed E-state index contributed by atoms with van der Waals surface area (Å²) in [5.41, 5.74) is 1.82. The minimum atomic E-state index is -0.996. The molecule has 0 saturated carbocycles. The highest BCUT2D eigenvalue weighted by Gasteiger charge is 2.18. The number of nitrogens with zero attached hydrogens (tertiary/aromatic N) is 1. The maximum Gasteiger partial charge on any atom is 0.331 e. The standard InChI is InChI=1S/C21H18N2O6/c1-13(21(25)22-14-6-7-17-18(12-14)27-11-10-26-17)28-20(24)9-8-19-23-15-4-2-3-5-16(15)29-19/h2-9,12-13H,10-11H2,1H3,(H,22,25)/b9-8+/t13-/m1/s1. The summed E-state index contributed by atoms with van der Waals surface area (Å²) < 4.78 is 21.5. The summed E-state index contributed by atoms with van der Waals surface area (Å²) in [7, 11) is 0. The van der Waals surface area contributed by atoms with Gasteiger partial charge in [0.2, 0.25) is 5.89 Å². The molecule has 2 heterocycles. The molecule has 1 amide bonds. The van der Waals surface area contributed by atoms with Crippen molar-refractivity contribution in [1.82, 2.24) is 4.98 Å². The van der Waals surface area contributed by atoms with E-state index >= 15 is 0 Å². The SMILES string of the molecule is C[C@@H](OC(=O)/C=C/c1nc2ccccc2o1)C(=O)Nc1ccc2c(c1)OCCO2. The van der Waals surface area contributed by atoms with Gasteiger partial charge in [0.15, 0.2) is 23.2 Å². The molecule has 0 radical (unpaired) electrons. The number of anilines is 1. The number of carbonyl (C=O) groups excluding carboxylic acids is 2. The van der Waals surface area contributed by atoms with Gasteiger partial charge in [-0.2, -0.15) is 0 Å². The van der Waals surface area contributed by atoms with Crippen LogP contribution in [0.2, 0.25) is 0 Å². The van der Waals surface area contributed by atoms with Crippen molar-refractivity contribution in [2.24, 2.45) is 0 Å². The molecule has 8 heteroatoms. The summed E-state index contributed by atoms with van der Waals surface area (Å²) in [6.45, 7) is 2.42. The number of nitrogens with one attached hydrogen (secondary N) is 1. The molecule has 8 nitrogen and oxygen atoms in total. The number of oxazole rings is 1. The predicted molar refractivity (Wildman–Crippen MR) is 105 cm³/mol. The summed E-state index contributed by atoms with van der Waals surface area (Å²) in [5, 5.41) is 2.68. The third-order valence-corrected chi connectivity index (χ3v) is 4.14. The van der Waals surface area contributed by atoms with Gasteiger partial charge in [-0.05, 0) is 31.2 Å². The monoisotopic (exact) mass is 394 g/mol. The molecule has 1 N–H and O–H groups in total. The van der Waals surface area contributed by atoms with Gasteiger partial charge in [0.1, 0.15) is 18.7 Å². The first kappa shape index (κ1) is 18.5. The fourth-order valence-electron chi connectivity index (χ4n) is 2.73. The summed E-state index contributed by atoms with van der Waals surface area (Å²) >= 11 is 0. The normalized spacial score (nSPS) is 14.0. The molecule has 2 aromatic carbocycles. The Morgan fingerprint density at radius 3 is 2.76 bits per heavy atom. The Kier molecular flexibility index (Phi) is 5.15. The number of fused-ring (bicyclic) bond motifs is 2. The van der Waals surface area contributed by atoms with Gasteiger partial charge < -0.3 is 23.9 Å². The van der Waals surface area contributed by atoms with Crippen LogP contribution in [0.5, 0.6) is 11.5 Å². The third kappa shape index (κ3) is 4.37. The second kappa shape index (κ2) is 8.05. The number of para-hydroxylation sites is 2. The van der Waals surface area contributed by atoms with Crippen molar-refractivity contribution >= 4 is 34.7 Å². The van der Waals surface area contributed by atoms with Gasteiger partial charge in [0.05, 0.1) is 0 Å². The minimum absolute atomic E-state index is 0.275. The van der Waals surface area contributed by atoms with Crippen LogP contribution in [0.15, 0.2) is 53.0 Å². The molecule has 3 aromatic rings. The molecular weight excluding hydrogens is 376 g/mol. The molecule has 4 rings (SSSR count). The van der Waals surface area contributed by atoms with Crippen LogP contribution in [0.4, 0.5) is 5.69 Å². The Morgan fingerprint density at radius 1 is 1.14 bits per heavy atom. The Bertz CT molecular complexity index is 1050. The number of hydrogen-bond donors (Lipinski definition) is 1. The molecule has 0 fully saturated rings. The van der Waals surface area contributed by atoms with E-state index in [0.29, 0.717) is 41.5 Å². The lowest BCUT2D eigenvalue weighted by Crippen LogP contribution is -2.29. The first-order valence-electron chi connectivity index (χ1n) is 9.03. The van der Waals surface area contributed by atoms with Crippen LogP contribution in [-0.2, 0) is 14.3 Å². The first-order chi connectivity index (χ1) is 14.1. The fourth-order valence-corrected chi connectivity index (χ4v) is 2.73. The molecule has 1 aliphatic heterocycles. The maximum atomic E-state index is 12.3. The van der Waals surface area contributed by atoms with Crippen molar-refractivity contribution in [3.05, 3.63) is 54.4 Å². The second-order valence-electron chi connectivity index (χ2n) is 6.28. The molecule has 1 aromatic heterocycles. The number of rotatable bonds is 5. The van der Waals surface area contributed by atoms with Gasteiger partial charge in [-0.3, -0.25) is 4.79 Å². The molecule has 0 spiro atoms. The number of benzene rings is 2. The first-order valence-corrected chi connectivity index (χ1v) is 9.03. The van der Waals surface area contributed by atoms with Gasteiger partial charge in [-0.1, -0.05) is 12.1 Å². The van der Waals surface area contributed by atoms with Crippen molar-refractivity contribution in [2.75, 3.05) is 18.5 Å². The van der Waals surface area contributed by atoms with E-state index in [1.54, 1.807) is 30.3 Å². The molecule has 1 atom stereocenters. The van der Waals surface area contributed by atoms with Crippen molar-refractivity contribution in [3.63, 3.8) is 0 Å². The number of esters is 1. The van der Waals surface area contributed by atoms with Crippen LogP contribution in [0.25, 0.3) is 17.2 Å². The summed E-state index contributed by atoms with van der Waals surface area (Å²) in [4.78, 5) is 28.5. The molecule has 0 unspecified atom stereocenters. The van der Waals surface area contributed by atoms with Gasteiger partial charge in [0.25, 0.3) is 5.91 Å². The lowest BCUT2D eigenvalue weighted by Gasteiger charge is -2.19. The summed E-state index contributed by atoms with van der Waals surface area (Å²) in [6.07, 6.45) is 1.57. The van der Waals surface area contributed by atoms with Crippen LogP contribution in [0, 0.1) is 0 Å². The lowest BCUT2D eigenvalue weighted by molar-refractivity contribution is -0.148. The third-order valence-electron chi connectivity index (χ3n) is 4.14. The highest BCUT2D eigenvalue weighted by Crippen LogP contribution is 2.32. The van der Waals surface area contributed by atoms with E-state index < -0.39 is 18.0 Å². The van der Waals surface area contributed by atoms with Crippen molar-refractivity contribution in [2.45, 2.75) is 13.0 Å². The van der Waals surface area contributed by atoms with E-state index in [9.17, 15) is 9.59 Å². The van der Waals surface area contributed by atoms with E-state index in [2.05, 4.69) is 10.3 Å².